The van der Waals surface area contributed by atoms with Gasteiger partial charge in [0, 0.05) is 17.1 Å². The molecule has 1 atom stereocenters. The third kappa shape index (κ3) is 4.05. The van der Waals surface area contributed by atoms with Crippen molar-refractivity contribution in [2.24, 2.45) is 4.99 Å². The summed E-state index contributed by atoms with van der Waals surface area (Å²) in [5, 5.41) is 3.12. The molecule has 1 unspecified atom stereocenters. The van der Waals surface area contributed by atoms with Gasteiger partial charge in [-0.3, -0.25) is 4.72 Å². The minimum atomic E-state index is -0.500. The Labute approximate surface area is 171 Å². The van der Waals surface area contributed by atoms with Crippen LogP contribution in [-0.2, 0) is 0 Å². The third-order valence-electron chi connectivity index (χ3n) is 5.06. The summed E-state index contributed by atoms with van der Waals surface area (Å²) in [6, 6.07) is 9.42. The van der Waals surface area contributed by atoms with E-state index in [1.54, 1.807) is 37.3 Å². The van der Waals surface area contributed by atoms with Gasteiger partial charge in [-0.05, 0) is 54.6 Å². The average molecular weight is 415 g/mol. The van der Waals surface area contributed by atoms with Gasteiger partial charge in [-0.15, -0.1) is 0 Å². The van der Waals surface area contributed by atoms with E-state index in [1.165, 1.54) is 24.1 Å². The highest BCUT2D eigenvalue weighted by molar-refractivity contribution is 7.98. The van der Waals surface area contributed by atoms with E-state index in [0.717, 1.165) is 11.3 Å². The van der Waals surface area contributed by atoms with Crippen LogP contribution in [0.25, 0.3) is 0 Å². The highest BCUT2D eigenvalue weighted by atomic mass is 32.2. The lowest BCUT2D eigenvalue weighted by atomic mass is 9.91. The van der Waals surface area contributed by atoms with Gasteiger partial charge in [-0.25, -0.2) is 18.2 Å². The maximum atomic E-state index is 14.8. The smallest absolute Gasteiger partial charge is 0.206 e. The fourth-order valence-electron chi connectivity index (χ4n) is 3.51. The van der Waals surface area contributed by atoms with Crippen molar-refractivity contribution < 1.29 is 13.2 Å². The second-order valence-electron chi connectivity index (χ2n) is 6.93. The molecule has 0 saturated carbocycles. The zero-order valence-electron chi connectivity index (χ0n) is 15.8. The van der Waals surface area contributed by atoms with Crippen LogP contribution in [0.15, 0.2) is 69.8 Å². The van der Waals surface area contributed by atoms with Crippen molar-refractivity contribution in [3.8, 4) is 0 Å². The first-order valence-corrected chi connectivity index (χ1v) is 10.2. The van der Waals surface area contributed by atoms with E-state index in [0.29, 0.717) is 34.8 Å². The van der Waals surface area contributed by atoms with Crippen LogP contribution in [0, 0.1) is 11.6 Å². The number of hydrogen-bond acceptors (Lipinski definition) is 2. The minimum Gasteiger partial charge on any atom is -0.324 e. The van der Waals surface area contributed by atoms with Gasteiger partial charge in [0.15, 0.2) is 0 Å². The molecule has 0 aromatic heterocycles. The predicted octanol–water partition coefficient (Wildman–Crippen LogP) is 6.07. The molecule has 7 heteroatoms. The maximum absolute atomic E-state index is 14.8. The molecule has 0 amide bonds. The first kappa shape index (κ1) is 19.6. The second kappa shape index (κ2) is 8.37. The van der Waals surface area contributed by atoms with Crippen LogP contribution in [-0.4, -0.2) is 12.5 Å². The molecule has 4 rings (SSSR count). The van der Waals surface area contributed by atoms with E-state index in [4.69, 9.17) is 0 Å². The number of hydrogen-bond donors (Lipinski definition) is 2. The van der Waals surface area contributed by atoms with E-state index in [1.807, 2.05) is 6.08 Å². The van der Waals surface area contributed by atoms with Crippen LogP contribution in [0.1, 0.15) is 36.8 Å². The highest BCUT2D eigenvalue weighted by Gasteiger charge is 2.26. The van der Waals surface area contributed by atoms with Gasteiger partial charge < -0.3 is 5.32 Å². The number of aliphatic imine (C=N–C) groups is 1. The molecular formula is C22H20F3N3S. The summed E-state index contributed by atoms with van der Waals surface area (Å²) in [5.74, 6) is -1.13. The molecule has 0 spiro atoms. The van der Waals surface area contributed by atoms with Gasteiger partial charge in [-0.2, -0.15) is 0 Å². The van der Waals surface area contributed by atoms with Crippen LogP contribution in [0.3, 0.4) is 0 Å². The number of benzene rings is 2. The van der Waals surface area contributed by atoms with Gasteiger partial charge >= 0.3 is 0 Å². The topological polar surface area (TPSA) is 36.4 Å². The molecule has 2 N–H and O–H groups in total. The minimum absolute atomic E-state index is 0.182. The van der Waals surface area contributed by atoms with E-state index in [2.05, 4.69) is 15.0 Å². The lowest BCUT2D eigenvalue weighted by Gasteiger charge is -2.26. The Morgan fingerprint density at radius 2 is 1.83 bits per heavy atom. The number of nitrogens with zero attached hydrogens (tertiary/aromatic N) is 1. The molecule has 1 heterocycles. The molecule has 2 aliphatic rings. The van der Waals surface area contributed by atoms with Crippen molar-refractivity contribution in [1.82, 2.24) is 4.72 Å². The van der Waals surface area contributed by atoms with Crippen LogP contribution in [0.5, 0.6) is 0 Å². The summed E-state index contributed by atoms with van der Waals surface area (Å²) in [7, 11) is 0. The van der Waals surface area contributed by atoms with Crippen molar-refractivity contribution in [3.63, 3.8) is 0 Å². The predicted molar refractivity (Wildman–Crippen MR) is 112 cm³/mol. The number of allylic oxidation sites excluding steroid dienone is 2. The molecular weight excluding hydrogens is 395 g/mol. The molecule has 3 nitrogen and oxygen atoms in total. The molecule has 0 saturated heterocycles. The van der Waals surface area contributed by atoms with Gasteiger partial charge in [0.1, 0.15) is 17.5 Å². The molecule has 2 aromatic rings. The van der Waals surface area contributed by atoms with Crippen LogP contribution in [0.2, 0.25) is 0 Å². The van der Waals surface area contributed by atoms with Crippen LogP contribution < -0.4 is 10.0 Å². The molecule has 1 aliphatic carbocycles. The summed E-state index contributed by atoms with van der Waals surface area (Å²) in [5.41, 5.74) is 1.89. The zero-order chi connectivity index (χ0) is 20.4. The van der Waals surface area contributed by atoms with E-state index in [9.17, 15) is 13.2 Å². The Balaban J connectivity index is 1.64. The Bertz CT molecular complexity index is 1030. The first-order valence-electron chi connectivity index (χ1n) is 9.41. The molecule has 150 valence electrons. The van der Waals surface area contributed by atoms with E-state index < -0.39 is 11.7 Å². The van der Waals surface area contributed by atoms with Gasteiger partial charge in [0.2, 0.25) is 5.96 Å². The summed E-state index contributed by atoms with van der Waals surface area (Å²) in [6.45, 7) is 1.95. The summed E-state index contributed by atoms with van der Waals surface area (Å²) in [6.07, 6.45) is 4.89. The number of anilines is 1. The normalized spacial score (nSPS) is 18.3. The van der Waals surface area contributed by atoms with Crippen LogP contribution in [0.4, 0.5) is 18.9 Å². The quantitative estimate of drug-likeness (QED) is 0.595. The summed E-state index contributed by atoms with van der Waals surface area (Å²) >= 11 is 1.29. The van der Waals surface area contributed by atoms with Gasteiger partial charge in [0.05, 0.1) is 17.1 Å². The third-order valence-corrected chi connectivity index (χ3v) is 5.91. The maximum Gasteiger partial charge on any atom is 0.206 e. The van der Waals surface area contributed by atoms with Crippen molar-refractivity contribution in [3.05, 3.63) is 82.7 Å². The Kier molecular flexibility index (Phi) is 5.67. The number of rotatable bonds is 4. The Morgan fingerprint density at radius 3 is 2.62 bits per heavy atom. The lowest BCUT2D eigenvalue weighted by Crippen LogP contribution is -2.31. The number of fused-ring (bicyclic) bond motifs is 1. The summed E-state index contributed by atoms with van der Waals surface area (Å²) < 4.78 is 46.0. The zero-order valence-corrected chi connectivity index (χ0v) is 16.6. The number of guanidine groups is 1. The van der Waals surface area contributed by atoms with Gasteiger partial charge in [-0.1, -0.05) is 31.2 Å². The highest BCUT2D eigenvalue weighted by Crippen LogP contribution is 2.40. The molecule has 0 fully saturated rings. The molecule has 29 heavy (non-hydrogen) atoms. The first-order chi connectivity index (χ1) is 14.0. The Morgan fingerprint density at radius 1 is 1.03 bits per heavy atom. The molecule has 0 bridgehead atoms. The van der Waals surface area contributed by atoms with Gasteiger partial charge in [0.25, 0.3) is 0 Å². The van der Waals surface area contributed by atoms with Crippen molar-refractivity contribution in [1.29, 1.82) is 0 Å². The number of halogens is 3. The monoisotopic (exact) mass is 415 g/mol. The van der Waals surface area contributed by atoms with E-state index in [-0.39, 0.29) is 18.2 Å². The second-order valence-corrected chi connectivity index (χ2v) is 7.78. The van der Waals surface area contributed by atoms with Crippen molar-refractivity contribution >= 4 is 23.6 Å². The molecule has 2 aromatic carbocycles. The van der Waals surface area contributed by atoms with Crippen molar-refractivity contribution in [2.45, 2.75) is 30.6 Å². The van der Waals surface area contributed by atoms with Crippen molar-refractivity contribution in [2.75, 3.05) is 11.9 Å². The molecule has 1 aliphatic heterocycles. The Hall–Kier alpha value is -2.67. The summed E-state index contributed by atoms with van der Waals surface area (Å²) in [4.78, 5) is 5.19. The van der Waals surface area contributed by atoms with Crippen LogP contribution >= 0.6 is 11.9 Å². The number of nitrogens with one attached hydrogen (secondary N) is 2. The molecule has 0 radical (unpaired) electrons. The average Bonchev–Trinajstić information content (AvgIpc) is 2.73. The SMILES string of the molecule is CC(c1ccccc1F)c1c(F)ccc2c1NC(=NCC1=CCCC=C1F)NS2. The fraction of sp³-hybridized carbons (Fsp3) is 0.227. The lowest BCUT2D eigenvalue weighted by molar-refractivity contribution is 0.581. The fourth-order valence-corrected chi connectivity index (χ4v) is 4.23. The largest absolute Gasteiger partial charge is 0.324 e. The van der Waals surface area contributed by atoms with E-state index >= 15 is 0 Å². The standard InChI is InChI=1S/C22H20F3N3S/c1-13(15-7-3-5-9-17(15)24)20-18(25)10-11-19-21(20)27-22(28-29-19)26-12-14-6-2-4-8-16(14)23/h3,5-11,13H,2,4,12H2,1H3,(H2,26,27,28).